The van der Waals surface area contributed by atoms with Crippen LogP contribution in [-0.2, 0) is 14.3 Å². The molecule has 1 saturated carbocycles. The Morgan fingerprint density at radius 2 is 1.80 bits per heavy atom. The van der Waals surface area contributed by atoms with Crippen molar-refractivity contribution in [2.75, 3.05) is 20.3 Å². The molecule has 0 bridgehead atoms. The molecule has 0 unspecified atom stereocenters. The lowest BCUT2D eigenvalue weighted by Crippen LogP contribution is -2.48. The van der Waals surface area contributed by atoms with E-state index in [9.17, 15) is 4.79 Å². The molecule has 4 nitrogen and oxygen atoms in total. The third-order valence-corrected chi connectivity index (χ3v) is 2.92. The van der Waals surface area contributed by atoms with Crippen LogP contribution in [0.5, 0.6) is 0 Å². The average molecular weight is 215 g/mol. The summed E-state index contributed by atoms with van der Waals surface area (Å²) in [6.07, 6.45) is 5.89. The molecular formula is C11H21NO3. The monoisotopic (exact) mass is 215 g/mol. The standard InChI is InChI=1S/C11H21NO3/c1-14-8-9-15-10(13)11(12)6-4-2-3-5-7-11/h2-9,12H2,1H3. The first-order chi connectivity index (χ1) is 7.19. The molecule has 0 saturated heterocycles. The maximum atomic E-state index is 11.7. The summed E-state index contributed by atoms with van der Waals surface area (Å²) in [5.74, 6) is -0.263. The summed E-state index contributed by atoms with van der Waals surface area (Å²) in [6.45, 7) is 0.732. The molecular weight excluding hydrogens is 194 g/mol. The van der Waals surface area contributed by atoms with E-state index < -0.39 is 5.54 Å². The number of hydrogen-bond acceptors (Lipinski definition) is 4. The molecule has 0 spiro atoms. The minimum Gasteiger partial charge on any atom is -0.462 e. The van der Waals surface area contributed by atoms with Crippen LogP contribution in [0.25, 0.3) is 0 Å². The van der Waals surface area contributed by atoms with Crippen LogP contribution in [0.2, 0.25) is 0 Å². The maximum absolute atomic E-state index is 11.7. The summed E-state index contributed by atoms with van der Waals surface area (Å²) in [6, 6.07) is 0. The number of rotatable bonds is 4. The van der Waals surface area contributed by atoms with Crippen LogP contribution < -0.4 is 5.73 Å². The Kier molecular flexibility index (Phi) is 5.05. The second kappa shape index (κ2) is 6.08. The second-order valence-electron chi connectivity index (χ2n) is 4.20. The lowest BCUT2D eigenvalue weighted by Gasteiger charge is -2.25. The van der Waals surface area contributed by atoms with Crippen LogP contribution in [0.3, 0.4) is 0 Å². The third-order valence-electron chi connectivity index (χ3n) is 2.92. The number of methoxy groups -OCH3 is 1. The molecule has 0 aromatic heterocycles. The van der Waals surface area contributed by atoms with Gasteiger partial charge < -0.3 is 15.2 Å². The summed E-state index contributed by atoms with van der Waals surface area (Å²) in [5, 5.41) is 0. The molecule has 0 radical (unpaired) electrons. The zero-order valence-electron chi connectivity index (χ0n) is 9.46. The van der Waals surface area contributed by atoms with Crippen molar-refractivity contribution in [3.8, 4) is 0 Å². The van der Waals surface area contributed by atoms with Crippen LogP contribution >= 0.6 is 0 Å². The number of carbonyl (C=O) groups is 1. The van der Waals surface area contributed by atoms with Gasteiger partial charge in [0.05, 0.1) is 6.61 Å². The molecule has 0 aromatic rings. The summed E-state index contributed by atoms with van der Waals surface area (Å²) in [7, 11) is 1.58. The molecule has 1 fully saturated rings. The van der Waals surface area contributed by atoms with Gasteiger partial charge in [0.1, 0.15) is 12.1 Å². The van der Waals surface area contributed by atoms with E-state index in [4.69, 9.17) is 15.2 Å². The summed E-state index contributed by atoms with van der Waals surface area (Å²) in [4.78, 5) is 11.7. The number of hydrogen-bond donors (Lipinski definition) is 1. The van der Waals surface area contributed by atoms with Gasteiger partial charge in [-0.3, -0.25) is 4.79 Å². The summed E-state index contributed by atoms with van der Waals surface area (Å²) in [5.41, 5.74) is 5.32. The van der Waals surface area contributed by atoms with E-state index in [1.165, 1.54) is 12.8 Å². The van der Waals surface area contributed by atoms with Crippen LogP contribution in [0.15, 0.2) is 0 Å². The van der Waals surface area contributed by atoms with Crippen LogP contribution in [0.1, 0.15) is 38.5 Å². The minimum absolute atomic E-state index is 0.263. The average Bonchev–Trinajstić information content (AvgIpc) is 2.44. The van der Waals surface area contributed by atoms with Crippen molar-refractivity contribution in [3.63, 3.8) is 0 Å². The summed E-state index contributed by atoms with van der Waals surface area (Å²) >= 11 is 0. The van der Waals surface area contributed by atoms with E-state index in [0.717, 1.165) is 25.7 Å². The molecule has 88 valence electrons. The van der Waals surface area contributed by atoms with Crippen molar-refractivity contribution in [1.29, 1.82) is 0 Å². The zero-order valence-corrected chi connectivity index (χ0v) is 9.46. The molecule has 0 aliphatic heterocycles. The molecule has 1 aliphatic rings. The van der Waals surface area contributed by atoms with Gasteiger partial charge in [-0.15, -0.1) is 0 Å². The topological polar surface area (TPSA) is 61.5 Å². The van der Waals surface area contributed by atoms with E-state index in [2.05, 4.69) is 0 Å². The van der Waals surface area contributed by atoms with Crippen LogP contribution in [0.4, 0.5) is 0 Å². The van der Waals surface area contributed by atoms with E-state index in [1.807, 2.05) is 0 Å². The molecule has 4 heteroatoms. The minimum atomic E-state index is -0.746. The van der Waals surface area contributed by atoms with Gasteiger partial charge in [0, 0.05) is 7.11 Å². The molecule has 0 atom stereocenters. The highest BCUT2D eigenvalue weighted by molar-refractivity contribution is 5.80. The fourth-order valence-corrected chi connectivity index (χ4v) is 1.93. The Balaban J connectivity index is 2.40. The number of esters is 1. The highest BCUT2D eigenvalue weighted by Crippen LogP contribution is 2.25. The van der Waals surface area contributed by atoms with Crippen molar-refractivity contribution >= 4 is 5.97 Å². The number of ether oxygens (including phenoxy) is 2. The highest BCUT2D eigenvalue weighted by atomic mass is 16.6. The van der Waals surface area contributed by atoms with E-state index in [-0.39, 0.29) is 5.97 Å². The predicted octanol–water partition coefficient (Wildman–Crippen LogP) is 1.23. The molecule has 2 N–H and O–H groups in total. The van der Waals surface area contributed by atoms with Gasteiger partial charge in [-0.2, -0.15) is 0 Å². The van der Waals surface area contributed by atoms with Gasteiger partial charge in [-0.25, -0.2) is 0 Å². The molecule has 0 heterocycles. The van der Waals surface area contributed by atoms with Crippen LogP contribution in [-0.4, -0.2) is 31.8 Å². The van der Waals surface area contributed by atoms with Crippen molar-refractivity contribution in [3.05, 3.63) is 0 Å². The Bertz CT molecular complexity index is 198. The highest BCUT2D eigenvalue weighted by Gasteiger charge is 2.35. The van der Waals surface area contributed by atoms with Gasteiger partial charge in [-0.1, -0.05) is 25.7 Å². The quantitative estimate of drug-likeness (QED) is 0.435. The molecule has 0 aromatic carbocycles. The first-order valence-corrected chi connectivity index (χ1v) is 5.64. The van der Waals surface area contributed by atoms with Crippen molar-refractivity contribution in [2.24, 2.45) is 5.73 Å². The molecule has 1 rings (SSSR count). The largest absolute Gasteiger partial charge is 0.462 e. The lowest BCUT2D eigenvalue weighted by atomic mass is 9.92. The Morgan fingerprint density at radius 1 is 1.20 bits per heavy atom. The fraction of sp³-hybridized carbons (Fsp3) is 0.909. The Morgan fingerprint density at radius 3 is 2.33 bits per heavy atom. The molecule has 15 heavy (non-hydrogen) atoms. The van der Waals surface area contributed by atoms with Gasteiger partial charge >= 0.3 is 5.97 Å². The molecule has 1 aliphatic carbocycles. The zero-order chi connectivity index (χ0) is 11.1. The van der Waals surface area contributed by atoms with E-state index in [1.54, 1.807) is 7.11 Å². The van der Waals surface area contributed by atoms with Crippen molar-refractivity contribution in [1.82, 2.24) is 0 Å². The van der Waals surface area contributed by atoms with Crippen LogP contribution in [0, 0.1) is 0 Å². The SMILES string of the molecule is COCCOC(=O)C1(N)CCCCCC1. The molecule has 0 amide bonds. The second-order valence-corrected chi connectivity index (χ2v) is 4.20. The fourth-order valence-electron chi connectivity index (χ4n) is 1.93. The first kappa shape index (κ1) is 12.5. The van der Waals surface area contributed by atoms with Gasteiger partial charge in [0.15, 0.2) is 0 Å². The first-order valence-electron chi connectivity index (χ1n) is 5.64. The third kappa shape index (κ3) is 3.80. The smallest absolute Gasteiger partial charge is 0.326 e. The normalized spacial score (nSPS) is 20.7. The van der Waals surface area contributed by atoms with E-state index in [0.29, 0.717) is 13.2 Å². The lowest BCUT2D eigenvalue weighted by molar-refractivity contribution is -0.152. The Labute approximate surface area is 91.1 Å². The van der Waals surface area contributed by atoms with Gasteiger partial charge in [0.2, 0.25) is 0 Å². The summed E-state index contributed by atoms with van der Waals surface area (Å²) < 4.78 is 9.91. The van der Waals surface area contributed by atoms with E-state index >= 15 is 0 Å². The van der Waals surface area contributed by atoms with Crippen molar-refractivity contribution < 1.29 is 14.3 Å². The number of carbonyl (C=O) groups excluding carboxylic acids is 1. The van der Waals surface area contributed by atoms with Crippen molar-refractivity contribution in [2.45, 2.75) is 44.1 Å². The van der Waals surface area contributed by atoms with Gasteiger partial charge in [-0.05, 0) is 12.8 Å². The van der Waals surface area contributed by atoms with Gasteiger partial charge in [0.25, 0.3) is 0 Å². The maximum Gasteiger partial charge on any atom is 0.326 e. The number of nitrogens with two attached hydrogens (primary N) is 1. The Hall–Kier alpha value is -0.610. The predicted molar refractivity (Wildman–Crippen MR) is 57.5 cm³/mol.